The van der Waals surface area contributed by atoms with Crippen LogP contribution in [0.15, 0.2) is 71.2 Å². The molecule has 0 radical (unpaired) electrons. The van der Waals surface area contributed by atoms with Crippen LogP contribution in [0.3, 0.4) is 0 Å². The lowest BCUT2D eigenvalue weighted by atomic mass is 10.1. The highest BCUT2D eigenvalue weighted by Gasteiger charge is 2.18. The van der Waals surface area contributed by atoms with Crippen LogP contribution in [-0.2, 0) is 6.54 Å². The molecule has 0 saturated carbocycles. The quantitative estimate of drug-likeness (QED) is 0.421. The minimum atomic E-state index is -0.260. The molecule has 0 heterocycles. The SMILES string of the molecule is N#Cc1ccc(C(=O)N(CCCN)Cc2cc(NC(=O)c3ccccc3Br)ccc2Cl)cc1. The predicted octanol–water partition coefficient (Wildman–Crippen LogP) is 5.22. The van der Waals surface area contributed by atoms with Crippen molar-refractivity contribution >= 4 is 45.0 Å². The van der Waals surface area contributed by atoms with Gasteiger partial charge in [-0.3, -0.25) is 9.59 Å². The van der Waals surface area contributed by atoms with Gasteiger partial charge in [-0.15, -0.1) is 0 Å². The third kappa shape index (κ3) is 6.42. The van der Waals surface area contributed by atoms with E-state index in [1.807, 2.05) is 12.1 Å². The average Bonchev–Trinajstić information content (AvgIpc) is 2.83. The number of nitrogens with zero attached hydrogens (tertiary/aromatic N) is 2. The van der Waals surface area contributed by atoms with Gasteiger partial charge in [-0.2, -0.15) is 5.26 Å². The van der Waals surface area contributed by atoms with E-state index in [0.717, 1.165) is 0 Å². The molecule has 0 aliphatic rings. The first-order chi connectivity index (χ1) is 15.9. The number of halogens is 2. The Morgan fingerprint density at radius 3 is 2.48 bits per heavy atom. The fourth-order valence-electron chi connectivity index (χ4n) is 3.23. The van der Waals surface area contributed by atoms with E-state index in [1.165, 1.54) is 0 Å². The molecular formula is C25H22BrClN4O2. The predicted molar refractivity (Wildman–Crippen MR) is 133 cm³/mol. The number of rotatable bonds is 8. The Bertz CT molecular complexity index is 1190. The first-order valence-electron chi connectivity index (χ1n) is 10.3. The number of amides is 2. The molecule has 0 unspecified atom stereocenters. The molecule has 0 bridgehead atoms. The Hall–Kier alpha value is -3.18. The number of nitrogens with one attached hydrogen (secondary N) is 1. The molecule has 0 atom stereocenters. The molecule has 3 aromatic carbocycles. The number of nitrogens with two attached hydrogens (primary N) is 1. The van der Waals surface area contributed by atoms with Gasteiger partial charge in [-0.25, -0.2) is 0 Å². The summed E-state index contributed by atoms with van der Waals surface area (Å²) in [5.41, 5.74) is 8.40. The van der Waals surface area contributed by atoms with Gasteiger partial charge >= 0.3 is 0 Å². The van der Waals surface area contributed by atoms with Gasteiger partial charge in [0.2, 0.25) is 0 Å². The first-order valence-corrected chi connectivity index (χ1v) is 11.4. The number of benzene rings is 3. The summed E-state index contributed by atoms with van der Waals surface area (Å²) in [6.45, 7) is 1.13. The maximum Gasteiger partial charge on any atom is 0.256 e. The molecule has 0 spiro atoms. The zero-order valence-electron chi connectivity index (χ0n) is 17.7. The zero-order valence-corrected chi connectivity index (χ0v) is 20.1. The highest BCUT2D eigenvalue weighted by atomic mass is 79.9. The van der Waals surface area contributed by atoms with E-state index in [-0.39, 0.29) is 18.4 Å². The molecule has 6 nitrogen and oxygen atoms in total. The smallest absolute Gasteiger partial charge is 0.256 e. The minimum Gasteiger partial charge on any atom is -0.334 e. The van der Waals surface area contributed by atoms with Crippen LogP contribution in [0.5, 0.6) is 0 Å². The summed E-state index contributed by atoms with van der Waals surface area (Å²) >= 11 is 9.81. The number of anilines is 1. The Morgan fingerprint density at radius 1 is 1.09 bits per heavy atom. The summed E-state index contributed by atoms with van der Waals surface area (Å²) in [5, 5.41) is 12.3. The van der Waals surface area contributed by atoms with Crippen molar-refractivity contribution in [3.05, 3.63) is 98.5 Å². The number of hydrogen-bond acceptors (Lipinski definition) is 4. The van der Waals surface area contributed by atoms with Crippen molar-refractivity contribution in [2.75, 3.05) is 18.4 Å². The number of hydrogen-bond donors (Lipinski definition) is 2. The van der Waals surface area contributed by atoms with E-state index in [9.17, 15) is 9.59 Å². The van der Waals surface area contributed by atoms with Gasteiger partial charge in [0.05, 0.1) is 17.2 Å². The van der Waals surface area contributed by atoms with Crippen LogP contribution >= 0.6 is 27.5 Å². The third-order valence-corrected chi connectivity index (χ3v) is 6.02. The van der Waals surface area contributed by atoms with E-state index in [0.29, 0.717) is 56.9 Å². The van der Waals surface area contributed by atoms with Crippen molar-refractivity contribution in [1.29, 1.82) is 5.26 Å². The summed E-state index contributed by atoms with van der Waals surface area (Å²) in [6, 6.07) is 20.8. The lowest BCUT2D eigenvalue weighted by molar-refractivity contribution is 0.0742. The van der Waals surface area contributed by atoms with Gasteiger partial charge < -0.3 is 16.0 Å². The lowest BCUT2D eigenvalue weighted by Gasteiger charge is -2.24. The maximum atomic E-state index is 13.1. The molecule has 0 fully saturated rings. The molecule has 0 aromatic heterocycles. The van der Waals surface area contributed by atoms with Crippen LogP contribution in [0.4, 0.5) is 5.69 Å². The van der Waals surface area contributed by atoms with Crippen LogP contribution in [-0.4, -0.2) is 29.8 Å². The van der Waals surface area contributed by atoms with Crippen LogP contribution < -0.4 is 11.1 Å². The van der Waals surface area contributed by atoms with Crippen LogP contribution in [0.25, 0.3) is 0 Å². The van der Waals surface area contributed by atoms with Gasteiger partial charge in [0.15, 0.2) is 0 Å². The van der Waals surface area contributed by atoms with Gasteiger partial charge in [-0.05, 0) is 89.1 Å². The summed E-state index contributed by atoms with van der Waals surface area (Å²) < 4.78 is 0.692. The highest BCUT2D eigenvalue weighted by molar-refractivity contribution is 9.10. The number of carbonyl (C=O) groups excluding carboxylic acids is 2. The van der Waals surface area contributed by atoms with Gasteiger partial charge in [0.1, 0.15) is 0 Å². The molecule has 2 amide bonds. The molecule has 0 aliphatic carbocycles. The third-order valence-electron chi connectivity index (χ3n) is 4.96. The Labute approximate surface area is 206 Å². The fourth-order valence-corrected chi connectivity index (χ4v) is 3.87. The summed E-state index contributed by atoms with van der Waals surface area (Å²) in [4.78, 5) is 27.5. The molecular weight excluding hydrogens is 504 g/mol. The number of carbonyl (C=O) groups is 2. The summed E-state index contributed by atoms with van der Waals surface area (Å²) in [5.74, 6) is -0.448. The normalized spacial score (nSPS) is 10.4. The standard InChI is InChI=1S/C25H22BrClN4O2/c26-22-5-2-1-4-21(22)24(32)30-20-10-11-23(27)19(14-20)16-31(13-3-12-28)25(33)18-8-6-17(15-29)7-9-18/h1-2,4-11,14H,3,12-13,16,28H2,(H,30,32). The van der Waals surface area contributed by atoms with Crippen molar-refractivity contribution in [2.45, 2.75) is 13.0 Å². The van der Waals surface area contributed by atoms with E-state index in [4.69, 9.17) is 22.6 Å². The van der Waals surface area contributed by atoms with Crippen LogP contribution in [0, 0.1) is 11.3 Å². The fraction of sp³-hybridized carbons (Fsp3) is 0.160. The average molecular weight is 526 g/mol. The Morgan fingerprint density at radius 2 is 1.82 bits per heavy atom. The lowest BCUT2D eigenvalue weighted by Crippen LogP contribution is -2.32. The van der Waals surface area contributed by atoms with Crippen molar-refractivity contribution < 1.29 is 9.59 Å². The van der Waals surface area contributed by atoms with Crippen molar-refractivity contribution in [1.82, 2.24) is 4.90 Å². The van der Waals surface area contributed by atoms with Gasteiger partial charge in [0, 0.05) is 33.8 Å². The zero-order chi connectivity index (χ0) is 23.8. The maximum absolute atomic E-state index is 13.1. The topological polar surface area (TPSA) is 99.2 Å². The molecule has 3 aromatic rings. The second kappa shape index (κ2) is 11.6. The van der Waals surface area contributed by atoms with Crippen molar-refractivity contribution in [3.63, 3.8) is 0 Å². The molecule has 8 heteroatoms. The molecule has 168 valence electrons. The second-order valence-electron chi connectivity index (χ2n) is 7.30. The first kappa shape index (κ1) is 24.5. The van der Waals surface area contributed by atoms with Gasteiger partial charge in [-0.1, -0.05) is 23.7 Å². The largest absolute Gasteiger partial charge is 0.334 e. The second-order valence-corrected chi connectivity index (χ2v) is 8.56. The van der Waals surface area contributed by atoms with Crippen molar-refractivity contribution in [2.24, 2.45) is 5.73 Å². The molecule has 0 saturated heterocycles. The summed E-state index contributed by atoms with van der Waals surface area (Å²) in [6.07, 6.45) is 0.623. The van der Waals surface area contributed by atoms with Crippen LogP contribution in [0.2, 0.25) is 5.02 Å². The van der Waals surface area contributed by atoms with E-state index >= 15 is 0 Å². The minimum absolute atomic E-state index is 0.188. The molecule has 33 heavy (non-hydrogen) atoms. The Kier molecular flexibility index (Phi) is 8.61. The summed E-state index contributed by atoms with van der Waals surface area (Å²) in [7, 11) is 0. The molecule has 3 rings (SSSR count). The van der Waals surface area contributed by atoms with E-state index in [2.05, 4.69) is 21.2 Å². The highest BCUT2D eigenvalue weighted by Crippen LogP contribution is 2.24. The molecule has 3 N–H and O–H groups in total. The van der Waals surface area contributed by atoms with Crippen molar-refractivity contribution in [3.8, 4) is 6.07 Å². The van der Waals surface area contributed by atoms with E-state index < -0.39 is 0 Å². The monoisotopic (exact) mass is 524 g/mol. The Balaban J connectivity index is 1.82. The van der Waals surface area contributed by atoms with Gasteiger partial charge in [0.25, 0.3) is 11.8 Å². The molecule has 0 aliphatic heterocycles. The van der Waals surface area contributed by atoms with E-state index in [1.54, 1.807) is 65.6 Å². The van der Waals surface area contributed by atoms with Crippen LogP contribution in [0.1, 0.15) is 38.3 Å². The number of nitriles is 1.